The average Bonchev–Trinajstić information content (AvgIpc) is 2.19. The Kier molecular flexibility index (Phi) is 3.66. The van der Waals surface area contributed by atoms with Crippen LogP contribution in [0.15, 0.2) is 12.1 Å². The third kappa shape index (κ3) is 2.59. The lowest BCUT2D eigenvalue weighted by atomic mass is 10.1. The standard InChI is InChI=1S/C12H14O4/c1-7(13)6-16-11-5-4-10(9(3)14)12(15)8(11)2/h4-5,15H,6H2,1-3H3. The number of benzene rings is 1. The van der Waals surface area contributed by atoms with Gasteiger partial charge in [-0.3, -0.25) is 9.59 Å². The van der Waals surface area contributed by atoms with Crippen molar-refractivity contribution in [3.63, 3.8) is 0 Å². The topological polar surface area (TPSA) is 63.6 Å². The van der Waals surface area contributed by atoms with Gasteiger partial charge in [-0.1, -0.05) is 0 Å². The molecule has 86 valence electrons. The molecule has 4 heteroatoms. The molecule has 0 aromatic heterocycles. The highest BCUT2D eigenvalue weighted by atomic mass is 16.5. The average molecular weight is 222 g/mol. The number of carbonyl (C=O) groups is 2. The normalized spacial score (nSPS) is 9.94. The van der Waals surface area contributed by atoms with Crippen molar-refractivity contribution >= 4 is 11.6 Å². The lowest BCUT2D eigenvalue weighted by Gasteiger charge is -2.10. The minimum absolute atomic E-state index is 0.0420. The molecule has 16 heavy (non-hydrogen) atoms. The number of phenolic OH excluding ortho intramolecular Hbond substituents is 1. The number of aromatic hydroxyl groups is 1. The minimum Gasteiger partial charge on any atom is -0.507 e. The summed E-state index contributed by atoms with van der Waals surface area (Å²) in [7, 11) is 0. The van der Waals surface area contributed by atoms with Crippen LogP contribution < -0.4 is 4.74 Å². The first-order chi connectivity index (χ1) is 7.43. The van der Waals surface area contributed by atoms with Gasteiger partial charge in [-0.2, -0.15) is 0 Å². The lowest BCUT2D eigenvalue weighted by Crippen LogP contribution is -2.08. The van der Waals surface area contributed by atoms with Gasteiger partial charge >= 0.3 is 0 Å². The van der Waals surface area contributed by atoms with Gasteiger partial charge in [0.25, 0.3) is 0 Å². The molecule has 0 fully saturated rings. The smallest absolute Gasteiger partial charge is 0.167 e. The molecule has 0 saturated heterocycles. The molecule has 0 heterocycles. The molecular weight excluding hydrogens is 208 g/mol. The molecule has 0 radical (unpaired) electrons. The van der Waals surface area contributed by atoms with E-state index in [9.17, 15) is 14.7 Å². The monoisotopic (exact) mass is 222 g/mol. The highest BCUT2D eigenvalue weighted by Crippen LogP contribution is 2.30. The Bertz CT molecular complexity index is 435. The number of ether oxygens (including phenoxy) is 1. The molecule has 0 aliphatic carbocycles. The van der Waals surface area contributed by atoms with E-state index in [1.807, 2.05) is 0 Å². The Labute approximate surface area is 93.9 Å². The molecule has 0 bridgehead atoms. The summed E-state index contributed by atoms with van der Waals surface area (Å²) in [5.41, 5.74) is 0.724. The maximum Gasteiger partial charge on any atom is 0.167 e. The number of carbonyl (C=O) groups excluding carboxylic acids is 2. The molecule has 1 N–H and O–H groups in total. The zero-order valence-corrected chi connectivity index (χ0v) is 9.53. The van der Waals surface area contributed by atoms with E-state index >= 15 is 0 Å². The number of Topliss-reactive ketones (excluding diaryl/α,β-unsaturated/α-hetero) is 2. The van der Waals surface area contributed by atoms with Gasteiger partial charge in [0.1, 0.15) is 18.1 Å². The molecular formula is C12H14O4. The van der Waals surface area contributed by atoms with Crippen molar-refractivity contribution in [1.82, 2.24) is 0 Å². The van der Waals surface area contributed by atoms with Crippen molar-refractivity contribution in [2.45, 2.75) is 20.8 Å². The molecule has 0 aliphatic rings. The summed E-state index contributed by atoms with van der Waals surface area (Å²) in [6, 6.07) is 3.06. The van der Waals surface area contributed by atoms with Gasteiger partial charge in [0.15, 0.2) is 11.6 Å². The van der Waals surface area contributed by atoms with Crippen molar-refractivity contribution in [2.24, 2.45) is 0 Å². The van der Waals surface area contributed by atoms with Crippen LogP contribution >= 0.6 is 0 Å². The van der Waals surface area contributed by atoms with Crippen LogP contribution in [0.2, 0.25) is 0 Å². The van der Waals surface area contributed by atoms with Crippen LogP contribution in [0.25, 0.3) is 0 Å². The Balaban J connectivity index is 3.02. The van der Waals surface area contributed by atoms with Crippen LogP contribution in [0.3, 0.4) is 0 Å². The molecule has 4 nitrogen and oxygen atoms in total. The van der Waals surface area contributed by atoms with Crippen LogP contribution in [0.5, 0.6) is 11.5 Å². The fourth-order valence-electron chi connectivity index (χ4n) is 1.30. The SMILES string of the molecule is CC(=O)COc1ccc(C(C)=O)c(O)c1C. The van der Waals surface area contributed by atoms with Gasteiger partial charge in [0, 0.05) is 5.56 Å². The molecule has 1 aromatic carbocycles. The van der Waals surface area contributed by atoms with Crippen LogP contribution in [0.1, 0.15) is 29.8 Å². The van der Waals surface area contributed by atoms with Crippen LogP contribution in [-0.2, 0) is 4.79 Å². The predicted molar refractivity (Wildman–Crippen MR) is 59.0 cm³/mol. The zero-order chi connectivity index (χ0) is 12.3. The maximum atomic E-state index is 11.1. The third-order valence-corrected chi connectivity index (χ3v) is 2.19. The molecule has 0 amide bonds. The van der Waals surface area contributed by atoms with Gasteiger partial charge in [-0.25, -0.2) is 0 Å². The van der Waals surface area contributed by atoms with Crippen LogP contribution in [0, 0.1) is 6.92 Å². The van der Waals surface area contributed by atoms with E-state index in [0.29, 0.717) is 11.3 Å². The Morgan fingerprint density at radius 2 is 1.94 bits per heavy atom. The molecule has 0 unspecified atom stereocenters. The maximum absolute atomic E-state index is 11.1. The molecule has 0 aliphatic heterocycles. The number of hydrogen-bond donors (Lipinski definition) is 1. The van der Waals surface area contributed by atoms with E-state index in [1.54, 1.807) is 13.0 Å². The zero-order valence-electron chi connectivity index (χ0n) is 9.53. The van der Waals surface area contributed by atoms with E-state index in [1.165, 1.54) is 19.9 Å². The van der Waals surface area contributed by atoms with E-state index in [0.717, 1.165) is 0 Å². The van der Waals surface area contributed by atoms with Crippen LogP contribution in [0.4, 0.5) is 0 Å². The molecule has 0 saturated carbocycles. The number of rotatable bonds is 4. The first-order valence-electron chi connectivity index (χ1n) is 4.89. The summed E-state index contributed by atoms with van der Waals surface area (Å²) in [6.45, 7) is 4.39. The van der Waals surface area contributed by atoms with Gasteiger partial charge < -0.3 is 9.84 Å². The Hall–Kier alpha value is -1.84. The summed E-state index contributed by atoms with van der Waals surface area (Å²) in [5, 5.41) is 9.73. The first kappa shape index (κ1) is 12.2. The molecule has 0 atom stereocenters. The fourth-order valence-corrected chi connectivity index (χ4v) is 1.30. The van der Waals surface area contributed by atoms with Gasteiger partial charge in [0.05, 0.1) is 5.56 Å². The van der Waals surface area contributed by atoms with Crippen molar-refractivity contribution in [1.29, 1.82) is 0 Å². The van der Waals surface area contributed by atoms with E-state index in [4.69, 9.17) is 4.74 Å². The Morgan fingerprint density at radius 3 is 2.44 bits per heavy atom. The third-order valence-electron chi connectivity index (χ3n) is 2.19. The highest BCUT2D eigenvalue weighted by molar-refractivity contribution is 5.97. The second-order valence-corrected chi connectivity index (χ2v) is 3.63. The highest BCUT2D eigenvalue weighted by Gasteiger charge is 2.13. The minimum atomic E-state index is -0.210. The lowest BCUT2D eigenvalue weighted by molar-refractivity contribution is -0.118. The predicted octanol–water partition coefficient (Wildman–Crippen LogP) is 1.87. The van der Waals surface area contributed by atoms with Crippen LogP contribution in [-0.4, -0.2) is 23.3 Å². The fraction of sp³-hybridized carbons (Fsp3) is 0.333. The van der Waals surface area contributed by atoms with Gasteiger partial charge in [0.2, 0.25) is 0 Å². The number of ketones is 2. The first-order valence-corrected chi connectivity index (χ1v) is 4.89. The summed E-state index contributed by atoms with van der Waals surface area (Å²) < 4.78 is 5.19. The van der Waals surface area contributed by atoms with Gasteiger partial charge in [-0.15, -0.1) is 0 Å². The number of phenols is 1. The quantitative estimate of drug-likeness (QED) is 0.790. The van der Waals surface area contributed by atoms with Crippen molar-refractivity contribution in [2.75, 3.05) is 6.61 Å². The van der Waals surface area contributed by atoms with E-state index < -0.39 is 0 Å². The largest absolute Gasteiger partial charge is 0.507 e. The van der Waals surface area contributed by atoms with E-state index in [2.05, 4.69) is 0 Å². The summed E-state index contributed by atoms with van der Waals surface area (Å²) >= 11 is 0. The molecule has 1 rings (SSSR count). The van der Waals surface area contributed by atoms with Crippen molar-refractivity contribution in [3.05, 3.63) is 23.3 Å². The van der Waals surface area contributed by atoms with Gasteiger partial charge in [-0.05, 0) is 32.9 Å². The Morgan fingerprint density at radius 1 is 1.31 bits per heavy atom. The molecule has 1 aromatic rings. The summed E-state index contributed by atoms with van der Waals surface area (Å²) in [6.07, 6.45) is 0. The second-order valence-electron chi connectivity index (χ2n) is 3.63. The second kappa shape index (κ2) is 4.79. The summed E-state index contributed by atoms with van der Waals surface area (Å²) in [5.74, 6) is 0.0134. The summed E-state index contributed by atoms with van der Waals surface area (Å²) in [4.78, 5) is 21.9. The van der Waals surface area contributed by atoms with Crippen molar-refractivity contribution in [3.8, 4) is 11.5 Å². The molecule has 0 spiro atoms. The van der Waals surface area contributed by atoms with E-state index in [-0.39, 0.29) is 29.5 Å². The van der Waals surface area contributed by atoms with Crippen molar-refractivity contribution < 1.29 is 19.4 Å². The number of hydrogen-bond acceptors (Lipinski definition) is 4.